The summed E-state index contributed by atoms with van der Waals surface area (Å²) in [5.74, 6) is 0.273. The van der Waals surface area contributed by atoms with Crippen LogP contribution in [0.4, 0.5) is 0 Å². The van der Waals surface area contributed by atoms with Gasteiger partial charge in [0.15, 0.2) is 5.78 Å². The van der Waals surface area contributed by atoms with Crippen LogP contribution in [0.2, 0.25) is 0 Å². The highest BCUT2D eigenvalue weighted by Crippen LogP contribution is 2.78. The molecule has 4 aromatic rings. The lowest BCUT2D eigenvalue weighted by Crippen LogP contribution is -2.67. The van der Waals surface area contributed by atoms with E-state index in [1.165, 1.54) is 0 Å². The van der Waals surface area contributed by atoms with Crippen LogP contribution < -0.4 is 0 Å². The van der Waals surface area contributed by atoms with Crippen molar-refractivity contribution in [3.8, 4) is 11.1 Å². The number of hydrogen-bond acceptors (Lipinski definition) is 6. The molecular formula is C49H55NO5. The summed E-state index contributed by atoms with van der Waals surface area (Å²) < 4.78 is 0. The molecule has 0 amide bonds. The molecule has 6 heteroatoms. The van der Waals surface area contributed by atoms with Crippen molar-refractivity contribution < 1.29 is 25.2 Å². The van der Waals surface area contributed by atoms with Crippen LogP contribution in [-0.4, -0.2) is 68.6 Å². The molecule has 6 aliphatic rings. The third kappa shape index (κ3) is 5.50. The normalized spacial score (nSPS) is 35.3. The maximum Gasteiger partial charge on any atom is 0.189 e. The van der Waals surface area contributed by atoms with Crippen molar-refractivity contribution in [2.24, 2.45) is 33.5 Å². The van der Waals surface area contributed by atoms with E-state index in [4.69, 9.17) is 0 Å². The highest BCUT2D eigenvalue weighted by molar-refractivity contribution is 6.10. The summed E-state index contributed by atoms with van der Waals surface area (Å²) in [5.41, 5.74) is 2.14. The maximum absolute atomic E-state index is 15.2. The third-order valence-electron chi connectivity index (χ3n) is 15.6. The molecule has 4 N–H and O–H groups in total. The standard InChI is InChI=1S/C49H55NO5/c1-45-22-19-38(52)27-47(45)25-26-49(41(28-47)44(54)36-17-15-34(16-18-36)33-9-4-3-5-10-33)42(45)20-23-46(2)43(49)21-24-48(46,55)32-50(30-39(53)31-51)29-37-13-8-12-35-11-6-7-14-40(35)37/h3-18,25-26,28,38-39,42-43,51-53,55H,19-24,27,29-32H2,1-2H3. The molecule has 0 aromatic heterocycles. The monoisotopic (exact) mass is 737 g/mol. The quantitative estimate of drug-likeness (QED) is 0.0969. The lowest BCUT2D eigenvalue weighted by molar-refractivity contribution is -0.177. The van der Waals surface area contributed by atoms with Gasteiger partial charge in [-0.15, -0.1) is 0 Å². The van der Waals surface area contributed by atoms with Crippen molar-refractivity contribution in [2.45, 2.75) is 83.1 Å². The number of allylic oxidation sites excluding steroid dienone is 4. The highest BCUT2D eigenvalue weighted by atomic mass is 16.3. The highest BCUT2D eigenvalue weighted by Gasteiger charge is 2.74. The van der Waals surface area contributed by atoms with Crippen LogP contribution in [0, 0.1) is 33.5 Å². The molecule has 4 aromatic carbocycles. The van der Waals surface area contributed by atoms with Gasteiger partial charge >= 0.3 is 0 Å². The first-order valence-corrected chi connectivity index (χ1v) is 20.5. The fourth-order valence-corrected chi connectivity index (χ4v) is 12.8. The second-order valence-corrected chi connectivity index (χ2v) is 18.2. The van der Waals surface area contributed by atoms with E-state index < -0.39 is 34.1 Å². The molecule has 0 radical (unpaired) electrons. The van der Waals surface area contributed by atoms with Gasteiger partial charge in [-0.1, -0.05) is 129 Å². The number of ketones is 1. The average molecular weight is 738 g/mol. The predicted molar refractivity (Wildman–Crippen MR) is 217 cm³/mol. The number of hydrogen-bond donors (Lipinski definition) is 4. The van der Waals surface area contributed by atoms with Gasteiger partial charge < -0.3 is 20.4 Å². The van der Waals surface area contributed by atoms with Crippen LogP contribution in [0.15, 0.2) is 121 Å². The Hall–Kier alpha value is -3.91. The number of carbonyl (C=O) groups excluding carboxylic acids is 1. The fourth-order valence-electron chi connectivity index (χ4n) is 12.8. The summed E-state index contributed by atoms with van der Waals surface area (Å²) in [5, 5.41) is 47.4. The predicted octanol–water partition coefficient (Wildman–Crippen LogP) is 8.14. The summed E-state index contributed by atoms with van der Waals surface area (Å²) in [7, 11) is 0. The van der Waals surface area contributed by atoms with E-state index in [1.54, 1.807) is 0 Å². The Morgan fingerprint density at radius 1 is 0.800 bits per heavy atom. The first-order valence-electron chi connectivity index (χ1n) is 20.5. The van der Waals surface area contributed by atoms with Crippen LogP contribution in [-0.2, 0) is 6.54 Å². The van der Waals surface area contributed by atoms with Crippen LogP contribution >= 0.6 is 0 Å². The van der Waals surface area contributed by atoms with Crippen molar-refractivity contribution in [3.63, 3.8) is 0 Å². The Kier molecular flexibility index (Phi) is 8.91. The number of fused-ring (bicyclic) bond motifs is 2. The number of rotatable bonds is 10. The van der Waals surface area contributed by atoms with Crippen LogP contribution in [0.5, 0.6) is 0 Å². The molecule has 0 aliphatic heterocycles. The van der Waals surface area contributed by atoms with Gasteiger partial charge in [0.05, 0.1) is 24.4 Å². The molecule has 9 atom stereocenters. The van der Waals surface area contributed by atoms with Gasteiger partial charge in [0.1, 0.15) is 0 Å². The minimum Gasteiger partial charge on any atom is -0.394 e. The van der Waals surface area contributed by atoms with E-state index in [1.807, 2.05) is 54.6 Å². The van der Waals surface area contributed by atoms with Gasteiger partial charge in [-0.3, -0.25) is 9.69 Å². The van der Waals surface area contributed by atoms with E-state index in [9.17, 15) is 20.4 Å². The molecule has 2 bridgehead atoms. The number of aliphatic hydroxyl groups excluding tert-OH is 3. The molecule has 9 unspecified atom stereocenters. The second-order valence-electron chi connectivity index (χ2n) is 18.2. The van der Waals surface area contributed by atoms with Gasteiger partial charge in [0.2, 0.25) is 0 Å². The fraction of sp³-hybridized carbons (Fsp3) is 0.449. The van der Waals surface area contributed by atoms with Crippen molar-refractivity contribution in [2.75, 3.05) is 19.7 Å². The van der Waals surface area contributed by atoms with E-state index >= 15 is 4.79 Å². The molecule has 0 heterocycles. The maximum atomic E-state index is 15.2. The lowest BCUT2D eigenvalue weighted by atomic mass is 9.32. The molecule has 55 heavy (non-hydrogen) atoms. The summed E-state index contributed by atoms with van der Waals surface area (Å²) in [6.07, 6.45) is 11.0. The molecule has 0 saturated heterocycles. The minimum absolute atomic E-state index is 0.0166. The Bertz CT molecular complexity index is 2160. The molecule has 3 fully saturated rings. The molecule has 6 aliphatic carbocycles. The van der Waals surface area contributed by atoms with Crippen LogP contribution in [0.3, 0.4) is 0 Å². The zero-order valence-electron chi connectivity index (χ0n) is 32.2. The minimum atomic E-state index is -1.09. The van der Waals surface area contributed by atoms with E-state index in [2.05, 4.69) is 79.4 Å². The van der Waals surface area contributed by atoms with Gasteiger partial charge in [-0.05, 0) is 89.7 Å². The Labute approximate surface area is 325 Å². The van der Waals surface area contributed by atoms with Gasteiger partial charge in [0, 0.05) is 47.0 Å². The van der Waals surface area contributed by atoms with Gasteiger partial charge in [0.25, 0.3) is 0 Å². The smallest absolute Gasteiger partial charge is 0.189 e. The number of nitrogens with zero attached hydrogens (tertiary/aromatic N) is 1. The molecule has 6 nitrogen and oxygen atoms in total. The number of Topliss-reactive ketones (excluding diaryl/α,β-unsaturated/α-hetero) is 1. The van der Waals surface area contributed by atoms with Crippen molar-refractivity contribution in [1.82, 2.24) is 4.90 Å². The molecular weight excluding hydrogens is 683 g/mol. The summed E-state index contributed by atoms with van der Waals surface area (Å²) in [6, 6.07) is 32.9. The molecule has 2 spiro atoms. The Morgan fingerprint density at radius 3 is 2.25 bits per heavy atom. The first kappa shape index (κ1) is 36.7. The summed E-state index contributed by atoms with van der Waals surface area (Å²) in [4.78, 5) is 17.3. The number of carbonyl (C=O) groups is 1. The first-order chi connectivity index (χ1) is 26.5. The van der Waals surface area contributed by atoms with E-state index in [0.717, 1.165) is 65.1 Å². The summed E-state index contributed by atoms with van der Waals surface area (Å²) >= 11 is 0. The third-order valence-corrected chi connectivity index (χ3v) is 15.6. The van der Waals surface area contributed by atoms with Crippen molar-refractivity contribution in [1.29, 1.82) is 0 Å². The van der Waals surface area contributed by atoms with Crippen LogP contribution in [0.25, 0.3) is 21.9 Å². The van der Waals surface area contributed by atoms with Crippen molar-refractivity contribution >= 4 is 16.6 Å². The van der Waals surface area contributed by atoms with Gasteiger partial charge in [-0.25, -0.2) is 0 Å². The number of aliphatic hydroxyl groups is 4. The lowest BCUT2D eigenvalue weighted by Gasteiger charge is -2.71. The molecule has 10 rings (SSSR count). The summed E-state index contributed by atoms with van der Waals surface area (Å²) in [6.45, 7) is 5.45. The second kappa shape index (κ2) is 13.3. The SMILES string of the molecule is CC12CCC(O)CC13C=CC1(C(C(=O)c4ccc(-c5ccccc5)cc4)=C3)C2CCC2(C)C1CCC2(O)CN(Cc1cccc2ccccc12)CC(O)CO. The Morgan fingerprint density at radius 2 is 1.47 bits per heavy atom. The Balaban J connectivity index is 1.10. The van der Waals surface area contributed by atoms with Gasteiger partial charge in [-0.2, -0.15) is 0 Å². The average Bonchev–Trinajstić information content (AvgIpc) is 3.47. The number of benzene rings is 4. The zero-order chi connectivity index (χ0) is 38.2. The van der Waals surface area contributed by atoms with Crippen molar-refractivity contribution in [3.05, 3.63) is 132 Å². The molecule has 3 saturated carbocycles. The van der Waals surface area contributed by atoms with Crippen LogP contribution in [0.1, 0.15) is 74.7 Å². The zero-order valence-corrected chi connectivity index (χ0v) is 32.2. The van der Waals surface area contributed by atoms with E-state index in [0.29, 0.717) is 31.5 Å². The molecule has 286 valence electrons. The largest absolute Gasteiger partial charge is 0.394 e. The van der Waals surface area contributed by atoms with E-state index in [-0.39, 0.29) is 36.2 Å². The topological polar surface area (TPSA) is 101 Å².